The van der Waals surface area contributed by atoms with Gasteiger partial charge in [-0.1, -0.05) is 30.7 Å². The number of carbonyl (C=O) groups excluding carboxylic acids is 1. The molecule has 1 aromatic carbocycles. The summed E-state index contributed by atoms with van der Waals surface area (Å²) in [6.45, 7) is 2.33. The zero-order valence-corrected chi connectivity index (χ0v) is 9.74. The first-order valence-corrected chi connectivity index (χ1v) is 6.07. The molecule has 0 heterocycles. The quantitative estimate of drug-likeness (QED) is 0.563. The molecule has 0 aromatic heterocycles. The molecule has 0 aliphatic heterocycles. The first kappa shape index (κ1) is 11.2. The van der Waals surface area contributed by atoms with Gasteiger partial charge in [-0.15, -0.1) is 0 Å². The summed E-state index contributed by atoms with van der Waals surface area (Å²) in [7, 11) is 0. The third-order valence-corrected chi connectivity index (χ3v) is 3.19. The molecule has 1 atom stereocenters. The number of rotatable bonds is 2. The van der Waals surface area contributed by atoms with E-state index < -0.39 is 0 Å². The molecule has 2 nitrogen and oxygen atoms in total. The van der Waals surface area contributed by atoms with E-state index in [1.165, 1.54) is 17.5 Å². The zero-order chi connectivity index (χ0) is 11.4. The number of hydrogen-bond donors (Lipinski definition) is 0. The highest BCUT2D eigenvalue weighted by Gasteiger charge is 2.25. The Bertz CT molecular complexity index is 371. The molecule has 86 valence electrons. The van der Waals surface area contributed by atoms with Crippen LogP contribution in [0.3, 0.4) is 0 Å². The lowest BCUT2D eigenvalue weighted by Crippen LogP contribution is -2.16. The van der Waals surface area contributed by atoms with Crippen LogP contribution in [0.15, 0.2) is 24.3 Å². The molecular weight excluding hydrogens is 200 g/mol. The van der Waals surface area contributed by atoms with Crippen molar-refractivity contribution in [2.45, 2.75) is 38.5 Å². The molecule has 0 saturated carbocycles. The van der Waals surface area contributed by atoms with Crippen molar-refractivity contribution in [1.82, 2.24) is 0 Å². The lowest BCUT2D eigenvalue weighted by atomic mass is 9.93. The normalized spacial score (nSPS) is 19.7. The summed E-state index contributed by atoms with van der Waals surface area (Å²) >= 11 is 0. The second-order valence-electron chi connectivity index (χ2n) is 4.25. The fraction of sp³-hybridized carbons (Fsp3) is 0.500. The molecule has 2 rings (SSSR count). The van der Waals surface area contributed by atoms with Gasteiger partial charge in [-0.2, -0.15) is 0 Å². The summed E-state index contributed by atoms with van der Waals surface area (Å²) in [4.78, 5) is 11.9. The average molecular weight is 218 g/mol. The summed E-state index contributed by atoms with van der Waals surface area (Å²) in [6.07, 6.45) is 4.30. The maximum atomic E-state index is 11.9. The van der Waals surface area contributed by atoms with Gasteiger partial charge >= 0.3 is 5.97 Å². The van der Waals surface area contributed by atoms with E-state index in [0.29, 0.717) is 6.61 Å². The number of esters is 1. The van der Waals surface area contributed by atoms with E-state index in [-0.39, 0.29) is 11.9 Å². The van der Waals surface area contributed by atoms with Gasteiger partial charge in [-0.3, -0.25) is 4.79 Å². The Morgan fingerprint density at radius 1 is 1.38 bits per heavy atom. The predicted octanol–water partition coefficient (Wildman–Crippen LogP) is 3.06. The second-order valence-corrected chi connectivity index (χ2v) is 4.25. The number of ether oxygens (including phenoxy) is 1. The highest BCUT2D eigenvalue weighted by atomic mass is 16.5. The molecule has 1 aliphatic carbocycles. The minimum Gasteiger partial charge on any atom is -0.466 e. The fourth-order valence-electron chi connectivity index (χ4n) is 2.41. The minimum atomic E-state index is -0.0585. The van der Waals surface area contributed by atoms with Crippen molar-refractivity contribution in [2.75, 3.05) is 6.61 Å². The van der Waals surface area contributed by atoms with Crippen LogP contribution in [0.4, 0.5) is 0 Å². The number of hydrogen-bond acceptors (Lipinski definition) is 2. The van der Waals surface area contributed by atoms with Crippen LogP contribution in [0.2, 0.25) is 0 Å². The highest BCUT2D eigenvalue weighted by molar-refractivity contribution is 5.78. The summed E-state index contributed by atoms with van der Waals surface area (Å²) in [6, 6.07) is 8.26. The number of carbonyl (C=O) groups is 1. The zero-order valence-electron chi connectivity index (χ0n) is 9.74. The van der Waals surface area contributed by atoms with Gasteiger partial charge in [0, 0.05) is 0 Å². The Balaban J connectivity index is 2.28. The van der Waals surface area contributed by atoms with E-state index in [4.69, 9.17) is 4.74 Å². The van der Waals surface area contributed by atoms with Crippen molar-refractivity contribution in [2.24, 2.45) is 0 Å². The Hall–Kier alpha value is -1.31. The summed E-state index contributed by atoms with van der Waals surface area (Å²) in [5.74, 6) is -0.101. The Morgan fingerprint density at radius 2 is 2.19 bits per heavy atom. The Labute approximate surface area is 96.6 Å². The van der Waals surface area contributed by atoms with Crippen LogP contribution in [0.1, 0.15) is 43.2 Å². The minimum absolute atomic E-state index is 0.0429. The van der Waals surface area contributed by atoms with Crippen molar-refractivity contribution < 1.29 is 9.53 Å². The molecule has 0 saturated heterocycles. The summed E-state index contributed by atoms with van der Waals surface area (Å²) in [5, 5.41) is 0. The predicted molar refractivity (Wildman–Crippen MR) is 63.4 cm³/mol. The number of aryl methyl sites for hydroxylation is 1. The fourth-order valence-corrected chi connectivity index (χ4v) is 2.41. The van der Waals surface area contributed by atoms with Crippen molar-refractivity contribution >= 4 is 5.97 Å². The van der Waals surface area contributed by atoms with E-state index in [1.807, 2.05) is 19.1 Å². The van der Waals surface area contributed by atoms with Gasteiger partial charge in [0.05, 0.1) is 12.5 Å². The molecule has 0 unspecified atom stereocenters. The van der Waals surface area contributed by atoms with E-state index in [9.17, 15) is 4.79 Å². The monoisotopic (exact) mass is 218 g/mol. The van der Waals surface area contributed by atoms with Crippen molar-refractivity contribution in [1.29, 1.82) is 0 Å². The van der Waals surface area contributed by atoms with Crippen LogP contribution < -0.4 is 0 Å². The third-order valence-electron chi connectivity index (χ3n) is 3.19. The Morgan fingerprint density at radius 3 is 3.00 bits per heavy atom. The number of benzene rings is 1. The standard InChI is InChI=1S/C14H18O2/c1-2-16-14(15)13-10-6-4-8-11-7-3-5-9-12(11)13/h3,5,7,9,13H,2,4,6,8,10H2,1H3/t13-/m1/s1. The van der Waals surface area contributed by atoms with Gasteiger partial charge < -0.3 is 4.74 Å². The first-order valence-electron chi connectivity index (χ1n) is 6.07. The molecular formula is C14H18O2. The van der Waals surface area contributed by atoms with E-state index >= 15 is 0 Å². The van der Waals surface area contributed by atoms with E-state index in [2.05, 4.69) is 12.1 Å². The van der Waals surface area contributed by atoms with Gasteiger partial charge in [0.2, 0.25) is 0 Å². The van der Waals surface area contributed by atoms with Gasteiger partial charge in [0.15, 0.2) is 0 Å². The third kappa shape index (κ3) is 2.26. The SMILES string of the molecule is CCOC(=O)[C@@H]1CCCCc2ccccc21. The van der Waals surface area contributed by atoms with Crippen molar-refractivity contribution in [3.8, 4) is 0 Å². The van der Waals surface area contributed by atoms with Gasteiger partial charge in [0.1, 0.15) is 0 Å². The molecule has 16 heavy (non-hydrogen) atoms. The van der Waals surface area contributed by atoms with Crippen LogP contribution in [-0.2, 0) is 16.0 Å². The summed E-state index contributed by atoms with van der Waals surface area (Å²) < 4.78 is 5.15. The maximum Gasteiger partial charge on any atom is 0.313 e. The van der Waals surface area contributed by atoms with E-state index in [1.54, 1.807) is 0 Å². The number of fused-ring (bicyclic) bond motifs is 1. The van der Waals surface area contributed by atoms with Gasteiger partial charge in [-0.25, -0.2) is 0 Å². The van der Waals surface area contributed by atoms with Crippen molar-refractivity contribution in [3.05, 3.63) is 35.4 Å². The lowest BCUT2D eigenvalue weighted by molar-refractivity contribution is -0.145. The molecule has 0 spiro atoms. The molecule has 2 heteroatoms. The first-order chi connectivity index (χ1) is 7.83. The highest BCUT2D eigenvalue weighted by Crippen LogP contribution is 2.31. The topological polar surface area (TPSA) is 26.3 Å². The maximum absolute atomic E-state index is 11.9. The van der Waals surface area contributed by atoms with Gasteiger partial charge in [-0.05, 0) is 37.3 Å². The molecule has 0 amide bonds. The summed E-state index contributed by atoms with van der Waals surface area (Å²) in [5.41, 5.74) is 2.50. The van der Waals surface area contributed by atoms with Crippen LogP contribution in [0, 0.1) is 0 Å². The largest absolute Gasteiger partial charge is 0.466 e. The van der Waals surface area contributed by atoms with E-state index in [0.717, 1.165) is 19.3 Å². The van der Waals surface area contributed by atoms with Crippen LogP contribution in [0.25, 0.3) is 0 Å². The molecule has 0 fully saturated rings. The molecule has 0 N–H and O–H groups in total. The average Bonchev–Trinajstić information content (AvgIpc) is 2.51. The molecule has 0 bridgehead atoms. The molecule has 1 aromatic rings. The Kier molecular flexibility index (Phi) is 3.60. The smallest absolute Gasteiger partial charge is 0.313 e. The molecule has 0 radical (unpaired) electrons. The van der Waals surface area contributed by atoms with Gasteiger partial charge in [0.25, 0.3) is 0 Å². The van der Waals surface area contributed by atoms with Crippen LogP contribution in [-0.4, -0.2) is 12.6 Å². The second kappa shape index (κ2) is 5.15. The lowest BCUT2D eigenvalue weighted by Gasteiger charge is -2.15. The van der Waals surface area contributed by atoms with Crippen molar-refractivity contribution in [3.63, 3.8) is 0 Å². The van der Waals surface area contributed by atoms with Crippen LogP contribution >= 0.6 is 0 Å². The molecule has 1 aliphatic rings. The van der Waals surface area contributed by atoms with Crippen LogP contribution in [0.5, 0.6) is 0 Å².